The molecular formula is C10H14O. The predicted molar refractivity (Wildman–Crippen MR) is 44.2 cm³/mol. The van der Waals surface area contributed by atoms with E-state index < -0.39 is 0 Å². The van der Waals surface area contributed by atoms with E-state index in [4.69, 9.17) is 0 Å². The molecule has 2 saturated carbocycles. The highest BCUT2D eigenvalue weighted by Crippen LogP contribution is 2.48. The first-order chi connectivity index (χ1) is 5.27. The second kappa shape index (κ2) is 2.47. The molecular weight excluding hydrogens is 136 g/mol. The number of carbonyl (C=O) groups is 1. The second-order valence-electron chi connectivity index (χ2n) is 3.80. The number of rotatable bonds is 3. The number of hydrogen-bond acceptors (Lipinski definition) is 1. The third-order valence-electron chi connectivity index (χ3n) is 2.47. The van der Waals surface area contributed by atoms with E-state index in [9.17, 15) is 4.79 Å². The molecule has 0 unspecified atom stereocenters. The number of allylic oxidation sites excluding steroid dienone is 2. The van der Waals surface area contributed by atoms with Crippen molar-refractivity contribution in [2.75, 3.05) is 0 Å². The van der Waals surface area contributed by atoms with E-state index in [1.54, 1.807) is 6.92 Å². The lowest BCUT2D eigenvalue weighted by molar-refractivity contribution is -0.112. The van der Waals surface area contributed by atoms with Crippen LogP contribution < -0.4 is 0 Å². The molecule has 0 aromatic rings. The van der Waals surface area contributed by atoms with Gasteiger partial charge in [0.2, 0.25) is 0 Å². The second-order valence-corrected chi connectivity index (χ2v) is 3.80. The Bertz CT molecular complexity index is 193. The predicted octanol–water partition coefficient (Wildman–Crippen LogP) is 2.32. The van der Waals surface area contributed by atoms with Gasteiger partial charge in [-0.05, 0) is 50.5 Å². The monoisotopic (exact) mass is 150 g/mol. The van der Waals surface area contributed by atoms with E-state index >= 15 is 0 Å². The molecule has 0 radical (unpaired) electrons. The lowest BCUT2D eigenvalue weighted by atomic mass is 10.1. The van der Waals surface area contributed by atoms with Crippen LogP contribution in [0.15, 0.2) is 11.6 Å². The molecule has 0 aliphatic heterocycles. The van der Waals surface area contributed by atoms with Crippen LogP contribution in [0.5, 0.6) is 0 Å². The molecule has 0 atom stereocenters. The van der Waals surface area contributed by atoms with Crippen LogP contribution in [0.1, 0.15) is 32.6 Å². The highest BCUT2D eigenvalue weighted by molar-refractivity contribution is 5.88. The van der Waals surface area contributed by atoms with Crippen LogP contribution >= 0.6 is 0 Å². The topological polar surface area (TPSA) is 17.1 Å². The highest BCUT2D eigenvalue weighted by Gasteiger charge is 2.36. The van der Waals surface area contributed by atoms with Crippen LogP contribution in [0, 0.1) is 11.8 Å². The minimum Gasteiger partial charge on any atom is -0.295 e. The lowest BCUT2D eigenvalue weighted by Gasteiger charge is -2.00. The first kappa shape index (κ1) is 7.08. The summed E-state index contributed by atoms with van der Waals surface area (Å²) in [6, 6.07) is 0. The fourth-order valence-corrected chi connectivity index (χ4v) is 1.64. The van der Waals surface area contributed by atoms with Crippen LogP contribution in [0.4, 0.5) is 0 Å². The summed E-state index contributed by atoms with van der Waals surface area (Å²) in [7, 11) is 0. The average molecular weight is 150 g/mol. The summed E-state index contributed by atoms with van der Waals surface area (Å²) in [6.07, 6.45) is 7.20. The van der Waals surface area contributed by atoms with Gasteiger partial charge in [-0.15, -0.1) is 0 Å². The van der Waals surface area contributed by atoms with Gasteiger partial charge in [-0.25, -0.2) is 0 Å². The largest absolute Gasteiger partial charge is 0.295 e. The molecule has 2 fully saturated rings. The molecule has 0 heterocycles. The first-order valence-corrected chi connectivity index (χ1v) is 4.49. The molecule has 2 rings (SSSR count). The van der Waals surface area contributed by atoms with Crippen molar-refractivity contribution in [3.63, 3.8) is 0 Å². The van der Waals surface area contributed by atoms with Gasteiger partial charge in [-0.3, -0.25) is 4.79 Å². The molecule has 1 nitrogen and oxygen atoms in total. The van der Waals surface area contributed by atoms with Crippen molar-refractivity contribution in [1.82, 2.24) is 0 Å². The summed E-state index contributed by atoms with van der Waals surface area (Å²) in [6.45, 7) is 1.66. The van der Waals surface area contributed by atoms with E-state index in [-0.39, 0.29) is 5.78 Å². The third-order valence-corrected chi connectivity index (χ3v) is 2.47. The Morgan fingerprint density at radius 3 is 1.91 bits per heavy atom. The van der Waals surface area contributed by atoms with Crippen LogP contribution in [-0.2, 0) is 4.79 Å². The van der Waals surface area contributed by atoms with Gasteiger partial charge in [0.25, 0.3) is 0 Å². The van der Waals surface area contributed by atoms with Crippen molar-refractivity contribution in [2.45, 2.75) is 32.6 Å². The van der Waals surface area contributed by atoms with Gasteiger partial charge in [0, 0.05) is 0 Å². The van der Waals surface area contributed by atoms with E-state index in [1.807, 2.05) is 6.08 Å². The van der Waals surface area contributed by atoms with Gasteiger partial charge < -0.3 is 0 Å². The van der Waals surface area contributed by atoms with E-state index in [2.05, 4.69) is 0 Å². The van der Waals surface area contributed by atoms with Gasteiger partial charge in [-0.1, -0.05) is 5.57 Å². The maximum atomic E-state index is 10.8. The Morgan fingerprint density at radius 1 is 1.18 bits per heavy atom. The van der Waals surface area contributed by atoms with Crippen molar-refractivity contribution in [3.8, 4) is 0 Å². The summed E-state index contributed by atoms with van der Waals surface area (Å²) in [5.74, 6) is 1.83. The van der Waals surface area contributed by atoms with Crippen molar-refractivity contribution in [3.05, 3.63) is 11.6 Å². The molecule has 0 aromatic heterocycles. The third kappa shape index (κ3) is 1.70. The molecule has 0 amide bonds. The summed E-state index contributed by atoms with van der Waals surface area (Å²) in [4.78, 5) is 10.8. The Labute approximate surface area is 67.5 Å². The number of hydrogen-bond donors (Lipinski definition) is 0. The molecule has 0 spiro atoms. The molecule has 60 valence electrons. The molecule has 0 saturated heterocycles. The Hall–Kier alpha value is -0.590. The zero-order chi connectivity index (χ0) is 7.84. The highest BCUT2D eigenvalue weighted by atomic mass is 16.1. The summed E-state index contributed by atoms with van der Waals surface area (Å²) in [5.41, 5.74) is 1.47. The zero-order valence-electron chi connectivity index (χ0n) is 6.97. The van der Waals surface area contributed by atoms with Crippen molar-refractivity contribution in [2.24, 2.45) is 11.8 Å². The van der Waals surface area contributed by atoms with Crippen LogP contribution in [0.3, 0.4) is 0 Å². The zero-order valence-corrected chi connectivity index (χ0v) is 6.97. The minimum absolute atomic E-state index is 0.235. The molecule has 0 bridgehead atoms. The molecule has 11 heavy (non-hydrogen) atoms. The van der Waals surface area contributed by atoms with Crippen LogP contribution in [0.25, 0.3) is 0 Å². The Balaban J connectivity index is 2.07. The summed E-state index contributed by atoms with van der Waals surface area (Å²) < 4.78 is 0. The Morgan fingerprint density at radius 2 is 1.64 bits per heavy atom. The van der Waals surface area contributed by atoms with Crippen molar-refractivity contribution >= 4 is 5.78 Å². The van der Waals surface area contributed by atoms with Crippen molar-refractivity contribution < 1.29 is 4.79 Å². The lowest BCUT2D eigenvalue weighted by Crippen LogP contribution is -1.93. The quantitative estimate of drug-likeness (QED) is 0.564. The van der Waals surface area contributed by atoms with Gasteiger partial charge in [0.05, 0.1) is 0 Å². The SMILES string of the molecule is CC(=O)C=C(C1CC1)C1CC1. The number of ketones is 1. The standard InChI is InChI=1S/C10H14O/c1-7(11)6-10(8-2-3-8)9-4-5-9/h6,8-9H,2-5H2,1H3. The van der Waals surface area contributed by atoms with Gasteiger partial charge in [-0.2, -0.15) is 0 Å². The van der Waals surface area contributed by atoms with Gasteiger partial charge >= 0.3 is 0 Å². The Kier molecular flexibility index (Phi) is 1.59. The molecule has 0 N–H and O–H groups in total. The van der Waals surface area contributed by atoms with E-state index in [0.717, 1.165) is 11.8 Å². The first-order valence-electron chi connectivity index (χ1n) is 4.49. The minimum atomic E-state index is 0.235. The van der Waals surface area contributed by atoms with Crippen LogP contribution in [-0.4, -0.2) is 5.78 Å². The van der Waals surface area contributed by atoms with Crippen molar-refractivity contribution in [1.29, 1.82) is 0 Å². The molecule has 2 aliphatic rings. The smallest absolute Gasteiger partial charge is 0.152 e. The summed E-state index contributed by atoms with van der Waals surface area (Å²) >= 11 is 0. The molecule has 1 heteroatoms. The van der Waals surface area contributed by atoms with E-state index in [0.29, 0.717) is 0 Å². The fourth-order valence-electron chi connectivity index (χ4n) is 1.64. The van der Waals surface area contributed by atoms with Crippen LogP contribution in [0.2, 0.25) is 0 Å². The number of carbonyl (C=O) groups excluding carboxylic acids is 1. The summed E-state index contributed by atoms with van der Waals surface area (Å²) in [5, 5.41) is 0. The molecule has 2 aliphatic carbocycles. The maximum absolute atomic E-state index is 10.8. The van der Waals surface area contributed by atoms with Gasteiger partial charge in [0.15, 0.2) is 5.78 Å². The maximum Gasteiger partial charge on any atom is 0.152 e. The normalized spacial score (nSPS) is 23.0. The van der Waals surface area contributed by atoms with E-state index in [1.165, 1.54) is 31.3 Å². The fraction of sp³-hybridized carbons (Fsp3) is 0.700. The average Bonchev–Trinajstić information content (AvgIpc) is 2.79. The molecule has 0 aromatic carbocycles. The van der Waals surface area contributed by atoms with Gasteiger partial charge in [0.1, 0.15) is 0 Å².